The second-order valence-electron chi connectivity index (χ2n) is 4.02. The second kappa shape index (κ2) is 7.44. The molecule has 108 valence electrons. The van der Waals surface area contributed by atoms with Crippen molar-refractivity contribution < 1.29 is 24.6 Å². The quantitative estimate of drug-likeness (QED) is 0.651. The summed E-state index contributed by atoms with van der Waals surface area (Å²) in [5.41, 5.74) is 0.189. The molecule has 0 aromatic carbocycles. The third-order valence-corrected chi connectivity index (χ3v) is 2.68. The minimum atomic E-state index is -1.22. The van der Waals surface area contributed by atoms with Crippen LogP contribution < -0.4 is 5.32 Å². The van der Waals surface area contributed by atoms with E-state index in [9.17, 15) is 14.4 Å². The van der Waals surface area contributed by atoms with Crippen LogP contribution in [0.3, 0.4) is 0 Å². The molecule has 1 heterocycles. The number of hydrogen-bond acceptors (Lipinski definition) is 4. The Balaban J connectivity index is 2.63. The molecule has 0 saturated heterocycles. The van der Waals surface area contributed by atoms with Crippen LogP contribution in [0.25, 0.3) is 0 Å². The Kier molecular flexibility index (Phi) is 5.92. The van der Waals surface area contributed by atoms with Crippen molar-refractivity contribution in [2.45, 2.75) is 25.3 Å². The van der Waals surface area contributed by atoms with Crippen molar-refractivity contribution >= 4 is 29.4 Å². The Morgan fingerprint density at radius 2 is 2.05 bits per heavy atom. The fourth-order valence-electron chi connectivity index (χ4n) is 1.50. The second-order valence-corrected chi connectivity index (χ2v) is 4.40. The van der Waals surface area contributed by atoms with E-state index in [0.717, 1.165) is 0 Å². The van der Waals surface area contributed by atoms with E-state index in [0.29, 0.717) is 0 Å². The van der Waals surface area contributed by atoms with Crippen molar-refractivity contribution in [2.75, 3.05) is 0 Å². The van der Waals surface area contributed by atoms with Gasteiger partial charge in [-0.2, -0.15) is 0 Å². The van der Waals surface area contributed by atoms with Crippen LogP contribution in [-0.4, -0.2) is 39.1 Å². The van der Waals surface area contributed by atoms with Crippen LogP contribution in [0.2, 0.25) is 5.15 Å². The monoisotopic (exact) mass is 300 g/mol. The molecule has 7 nitrogen and oxygen atoms in total. The summed E-state index contributed by atoms with van der Waals surface area (Å²) in [6.07, 6.45) is 1.37. The van der Waals surface area contributed by atoms with Crippen LogP contribution in [0.15, 0.2) is 18.3 Å². The fourth-order valence-corrected chi connectivity index (χ4v) is 1.67. The number of amides is 1. The Labute approximate surface area is 119 Å². The number of carboxylic acids is 2. The minimum Gasteiger partial charge on any atom is -0.481 e. The number of nitrogens with one attached hydrogen (secondary N) is 1. The molecule has 3 N–H and O–H groups in total. The maximum absolute atomic E-state index is 11.8. The minimum absolute atomic E-state index is 0.0339. The summed E-state index contributed by atoms with van der Waals surface area (Å²) >= 11 is 5.63. The molecule has 0 aliphatic heterocycles. The highest BCUT2D eigenvalue weighted by molar-refractivity contribution is 6.29. The zero-order chi connectivity index (χ0) is 15.1. The Morgan fingerprint density at radius 3 is 2.60 bits per heavy atom. The van der Waals surface area contributed by atoms with Gasteiger partial charge in [0, 0.05) is 18.2 Å². The highest BCUT2D eigenvalue weighted by Gasteiger charge is 2.20. The summed E-state index contributed by atoms with van der Waals surface area (Å²) in [7, 11) is 0. The van der Waals surface area contributed by atoms with E-state index >= 15 is 0 Å². The first kappa shape index (κ1) is 15.9. The number of halogens is 1. The van der Waals surface area contributed by atoms with Crippen molar-refractivity contribution in [3.63, 3.8) is 0 Å². The molecule has 0 aliphatic rings. The number of nitrogens with zero attached hydrogens (tertiary/aromatic N) is 1. The first-order valence-corrected chi connectivity index (χ1v) is 6.15. The number of rotatable bonds is 7. The van der Waals surface area contributed by atoms with Gasteiger partial charge in [0.1, 0.15) is 11.2 Å². The van der Waals surface area contributed by atoms with Gasteiger partial charge in [-0.25, -0.2) is 9.78 Å². The normalized spacial score (nSPS) is 11.7. The Morgan fingerprint density at radius 1 is 1.35 bits per heavy atom. The highest BCUT2D eigenvalue weighted by atomic mass is 35.5. The molecular formula is C12H13ClN2O5. The molecular weight excluding hydrogens is 288 g/mol. The number of carboxylic acid groups (broad SMARTS) is 2. The van der Waals surface area contributed by atoms with Crippen LogP contribution in [0.1, 0.15) is 29.6 Å². The molecule has 0 spiro atoms. The van der Waals surface area contributed by atoms with E-state index in [4.69, 9.17) is 21.8 Å². The summed E-state index contributed by atoms with van der Waals surface area (Å²) in [5.74, 6) is -2.83. The van der Waals surface area contributed by atoms with Crippen molar-refractivity contribution in [2.24, 2.45) is 0 Å². The zero-order valence-corrected chi connectivity index (χ0v) is 11.1. The lowest BCUT2D eigenvalue weighted by Crippen LogP contribution is -2.40. The molecule has 0 radical (unpaired) electrons. The number of pyridine rings is 1. The van der Waals surface area contributed by atoms with E-state index in [2.05, 4.69) is 10.3 Å². The molecule has 0 unspecified atom stereocenters. The Bertz CT molecular complexity index is 520. The summed E-state index contributed by atoms with van der Waals surface area (Å²) in [4.78, 5) is 36.9. The van der Waals surface area contributed by atoms with Gasteiger partial charge in [0.05, 0.1) is 0 Å². The number of aromatic nitrogens is 1. The summed E-state index contributed by atoms with van der Waals surface area (Å²) in [6, 6.07) is 1.57. The maximum atomic E-state index is 11.8. The molecule has 0 bridgehead atoms. The molecule has 1 amide bonds. The summed E-state index contributed by atoms with van der Waals surface area (Å²) in [6.45, 7) is 0. The molecule has 1 atom stereocenters. The average Bonchev–Trinajstić information content (AvgIpc) is 2.36. The van der Waals surface area contributed by atoms with Crippen LogP contribution in [0.4, 0.5) is 0 Å². The molecule has 8 heteroatoms. The third kappa shape index (κ3) is 5.23. The SMILES string of the molecule is O=C(O)CCC[C@@H](NC(=O)c1ccnc(Cl)c1)C(=O)O. The lowest BCUT2D eigenvalue weighted by molar-refractivity contribution is -0.140. The highest BCUT2D eigenvalue weighted by Crippen LogP contribution is 2.08. The predicted molar refractivity (Wildman–Crippen MR) is 69.6 cm³/mol. The molecule has 1 aromatic heterocycles. The van der Waals surface area contributed by atoms with Crippen LogP contribution in [-0.2, 0) is 9.59 Å². The van der Waals surface area contributed by atoms with Gasteiger partial charge in [0.2, 0.25) is 0 Å². The van der Waals surface area contributed by atoms with Gasteiger partial charge in [-0.05, 0) is 25.0 Å². The molecule has 1 rings (SSSR count). The van der Waals surface area contributed by atoms with Crippen LogP contribution in [0.5, 0.6) is 0 Å². The topological polar surface area (TPSA) is 117 Å². The van der Waals surface area contributed by atoms with Gasteiger partial charge in [0.15, 0.2) is 0 Å². The first-order chi connectivity index (χ1) is 9.40. The van der Waals surface area contributed by atoms with E-state index in [1.54, 1.807) is 0 Å². The van der Waals surface area contributed by atoms with Crippen molar-refractivity contribution in [1.82, 2.24) is 10.3 Å². The largest absolute Gasteiger partial charge is 0.481 e. The van der Waals surface area contributed by atoms with Gasteiger partial charge in [-0.15, -0.1) is 0 Å². The van der Waals surface area contributed by atoms with Crippen LogP contribution >= 0.6 is 11.6 Å². The Hall–Kier alpha value is -2.15. The summed E-state index contributed by atoms with van der Waals surface area (Å²) in [5, 5.41) is 19.9. The maximum Gasteiger partial charge on any atom is 0.326 e. The number of hydrogen-bond donors (Lipinski definition) is 3. The lowest BCUT2D eigenvalue weighted by atomic mass is 10.1. The first-order valence-electron chi connectivity index (χ1n) is 5.77. The zero-order valence-electron chi connectivity index (χ0n) is 10.4. The standard InChI is InChI=1S/C12H13ClN2O5/c13-9-6-7(4-5-14-9)11(18)15-8(12(19)20)2-1-3-10(16)17/h4-6,8H,1-3H2,(H,15,18)(H,16,17)(H,19,20)/t8-/m1/s1. The molecule has 1 aromatic rings. The van der Waals surface area contributed by atoms with E-state index in [-0.39, 0.29) is 30.0 Å². The van der Waals surface area contributed by atoms with Crippen molar-refractivity contribution in [1.29, 1.82) is 0 Å². The number of aliphatic carboxylic acids is 2. The van der Waals surface area contributed by atoms with Crippen molar-refractivity contribution in [3.05, 3.63) is 29.0 Å². The molecule has 0 fully saturated rings. The van der Waals surface area contributed by atoms with Gasteiger partial charge in [-0.3, -0.25) is 9.59 Å². The number of carbonyl (C=O) groups is 3. The van der Waals surface area contributed by atoms with Gasteiger partial charge < -0.3 is 15.5 Å². The molecule has 0 saturated carbocycles. The van der Waals surface area contributed by atoms with Crippen LogP contribution in [0, 0.1) is 0 Å². The van der Waals surface area contributed by atoms with E-state index < -0.39 is 23.9 Å². The predicted octanol–water partition coefficient (Wildman–Crippen LogP) is 1.17. The fraction of sp³-hybridized carbons (Fsp3) is 0.333. The summed E-state index contributed by atoms with van der Waals surface area (Å²) < 4.78 is 0. The molecule has 0 aliphatic carbocycles. The van der Waals surface area contributed by atoms with Gasteiger partial charge in [-0.1, -0.05) is 11.6 Å². The van der Waals surface area contributed by atoms with E-state index in [1.807, 2.05) is 0 Å². The van der Waals surface area contributed by atoms with Gasteiger partial charge in [0.25, 0.3) is 5.91 Å². The van der Waals surface area contributed by atoms with Gasteiger partial charge >= 0.3 is 11.9 Å². The number of carbonyl (C=O) groups excluding carboxylic acids is 1. The smallest absolute Gasteiger partial charge is 0.326 e. The van der Waals surface area contributed by atoms with Crippen molar-refractivity contribution in [3.8, 4) is 0 Å². The average molecular weight is 301 g/mol. The molecule has 20 heavy (non-hydrogen) atoms. The van der Waals surface area contributed by atoms with E-state index in [1.165, 1.54) is 18.3 Å². The lowest BCUT2D eigenvalue weighted by Gasteiger charge is -2.14. The third-order valence-electron chi connectivity index (χ3n) is 2.48.